The van der Waals surface area contributed by atoms with Crippen molar-refractivity contribution in [2.24, 2.45) is 0 Å². The van der Waals surface area contributed by atoms with Crippen molar-refractivity contribution >= 4 is 5.69 Å². The fourth-order valence-electron chi connectivity index (χ4n) is 1.96. The SMILES string of the molecule is CNC(C)(CO)CCCN(C)c1ccc(OC)cc1. The second kappa shape index (κ2) is 7.36. The standard InChI is InChI=1S/C15H26N2O2/c1-15(12-18,16-2)10-5-11-17(3)13-6-8-14(19-4)9-7-13/h6-9,16,18H,5,10-12H2,1-4H3. The summed E-state index contributed by atoms with van der Waals surface area (Å²) in [6.45, 7) is 3.17. The number of anilines is 1. The van der Waals surface area contributed by atoms with Crippen molar-refractivity contribution in [1.82, 2.24) is 5.32 Å². The summed E-state index contributed by atoms with van der Waals surface area (Å²) in [6.07, 6.45) is 1.97. The molecule has 1 atom stereocenters. The molecule has 0 aliphatic rings. The van der Waals surface area contributed by atoms with E-state index in [1.165, 1.54) is 5.69 Å². The zero-order chi connectivity index (χ0) is 14.3. The first kappa shape index (κ1) is 15.8. The fourth-order valence-corrected chi connectivity index (χ4v) is 1.96. The van der Waals surface area contributed by atoms with Gasteiger partial charge >= 0.3 is 0 Å². The molecule has 4 nitrogen and oxygen atoms in total. The zero-order valence-corrected chi connectivity index (χ0v) is 12.4. The van der Waals surface area contributed by atoms with Crippen LogP contribution in [-0.4, -0.2) is 45.0 Å². The second-order valence-corrected chi connectivity index (χ2v) is 5.19. The first-order valence-corrected chi connectivity index (χ1v) is 6.69. The Bertz CT molecular complexity index is 361. The third-order valence-corrected chi connectivity index (χ3v) is 3.69. The lowest BCUT2D eigenvalue weighted by atomic mass is 9.97. The molecule has 4 heteroatoms. The van der Waals surface area contributed by atoms with Crippen molar-refractivity contribution in [1.29, 1.82) is 0 Å². The topological polar surface area (TPSA) is 44.7 Å². The van der Waals surface area contributed by atoms with E-state index in [2.05, 4.69) is 29.4 Å². The van der Waals surface area contributed by atoms with Crippen LogP contribution >= 0.6 is 0 Å². The van der Waals surface area contributed by atoms with Crippen molar-refractivity contribution in [3.8, 4) is 5.75 Å². The molecule has 0 aliphatic heterocycles. The quantitative estimate of drug-likeness (QED) is 0.754. The lowest BCUT2D eigenvalue weighted by Crippen LogP contribution is -2.43. The van der Waals surface area contributed by atoms with E-state index < -0.39 is 0 Å². The van der Waals surface area contributed by atoms with E-state index in [-0.39, 0.29) is 12.1 Å². The highest BCUT2D eigenvalue weighted by molar-refractivity contribution is 5.48. The Morgan fingerprint density at radius 2 is 1.95 bits per heavy atom. The number of likely N-dealkylation sites (N-methyl/N-ethyl adjacent to an activating group) is 1. The monoisotopic (exact) mass is 266 g/mol. The highest BCUT2D eigenvalue weighted by Gasteiger charge is 2.19. The zero-order valence-electron chi connectivity index (χ0n) is 12.4. The van der Waals surface area contributed by atoms with Gasteiger partial charge in [0.05, 0.1) is 13.7 Å². The van der Waals surface area contributed by atoms with Gasteiger partial charge in [0.1, 0.15) is 5.75 Å². The maximum Gasteiger partial charge on any atom is 0.119 e. The number of hydrogen-bond acceptors (Lipinski definition) is 4. The highest BCUT2D eigenvalue weighted by Crippen LogP contribution is 2.19. The number of hydrogen-bond donors (Lipinski definition) is 2. The number of nitrogens with zero attached hydrogens (tertiary/aromatic N) is 1. The van der Waals surface area contributed by atoms with Crippen molar-refractivity contribution in [3.05, 3.63) is 24.3 Å². The molecule has 0 saturated carbocycles. The Hall–Kier alpha value is -1.26. The van der Waals surface area contributed by atoms with Crippen LogP contribution in [0.4, 0.5) is 5.69 Å². The van der Waals surface area contributed by atoms with Gasteiger partial charge in [0.15, 0.2) is 0 Å². The van der Waals surface area contributed by atoms with E-state index in [4.69, 9.17) is 4.74 Å². The third-order valence-electron chi connectivity index (χ3n) is 3.69. The molecular weight excluding hydrogens is 240 g/mol. The van der Waals surface area contributed by atoms with E-state index >= 15 is 0 Å². The molecule has 0 heterocycles. The minimum atomic E-state index is -0.180. The molecule has 0 amide bonds. The van der Waals surface area contributed by atoms with Crippen LogP contribution in [0.15, 0.2) is 24.3 Å². The van der Waals surface area contributed by atoms with Gasteiger partial charge in [0.2, 0.25) is 0 Å². The fraction of sp³-hybridized carbons (Fsp3) is 0.600. The number of aliphatic hydroxyl groups is 1. The highest BCUT2D eigenvalue weighted by atomic mass is 16.5. The van der Waals surface area contributed by atoms with Crippen LogP contribution in [0.25, 0.3) is 0 Å². The predicted octanol–water partition coefficient (Wildman–Crippen LogP) is 1.88. The molecule has 0 saturated heterocycles. The average molecular weight is 266 g/mol. The molecule has 0 radical (unpaired) electrons. The number of ether oxygens (including phenoxy) is 1. The second-order valence-electron chi connectivity index (χ2n) is 5.19. The Kier molecular flexibility index (Phi) is 6.12. The summed E-state index contributed by atoms with van der Waals surface area (Å²) >= 11 is 0. The van der Waals surface area contributed by atoms with E-state index in [1.807, 2.05) is 26.1 Å². The maximum absolute atomic E-state index is 9.34. The van der Waals surface area contributed by atoms with Crippen LogP contribution in [0.3, 0.4) is 0 Å². The summed E-state index contributed by atoms with van der Waals surface area (Å²) in [5.41, 5.74) is 0.997. The summed E-state index contributed by atoms with van der Waals surface area (Å²) in [5.74, 6) is 0.875. The Morgan fingerprint density at radius 1 is 1.32 bits per heavy atom. The number of benzene rings is 1. The summed E-state index contributed by atoms with van der Waals surface area (Å²) in [4.78, 5) is 2.22. The van der Waals surface area contributed by atoms with Crippen LogP contribution < -0.4 is 15.0 Å². The van der Waals surface area contributed by atoms with Crippen LogP contribution in [0, 0.1) is 0 Å². The lowest BCUT2D eigenvalue weighted by Gasteiger charge is -2.28. The molecule has 0 fully saturated rings. The number of rotatable bonds is 8. The van der Waals surface area contributed by atoms with Crippen LogP contribution in [0.5, 0.6) is 5.75 Å². The molecule has 0 aliphatic carbocycles. The molecule has 19 heavy (non-hydrogen) atoms. The van der Waals surface area contributed by atoms with Gasteiger partial charge in [-0.3, -0.25) is 0 Å². The van der Waals surface area contributed by atoms with Crippen molar-refractivity contribution in [3.63, 3.8) is 0 Å². The Morgan fingerprint density at radius 3 is 2.42 bits per heavy atom. The smallest absolute Gasteiger partial charge is 0.119 e. The van der Waals surface area contributed by atoms with Gasteiger partial charge in [0.25, 0.3) is 0 Å². The summed E-state index contributed by atoms with van der Waals surface area (Å²) in [7, 11) is 5.65. The molecule has 108 valence electrons. The number of aliphatic hydroxyl groups excluding tert-OH is 1. The number of methoxy groups -OCH3 is 1. The van der Waals surface area contributed by atoms with E-state index in [0.29, 0.717) is 0 Å². The van der Waals surface area contributed by atoms with Crippen LogP contribution in [-0.2, 0) is 0 Å². The van der Waals surface area contributed by atoms with E-state index in [1.54, 1.807) is 7.11 Å². The normalized spacial score (nSPS) is 13.9. The van der Waals surface area contributed by atoms with Crippen LogP contribution in [0.1, 0.15) is 19.8 Å². The largest absolute Gasteiger partial charge is 0.497 e. The molecule has 1 rings (SSSR count). The van der Waals surface area contributed by atoms with Gasteiger partial charge in [-0.15, -0.1) is 0 Å². The first-order valence-electron chi connectivity index (χ1n) is 6.69. The predicted molar refractivity (Wildman–Crippen MR) is 80.0 cm³/mol. The van der Waals surface area contributed by atoms with Gasteiger partial charge in [-0.2, -0.15) is 0 Å². The molecule has 1 aromatic carbocycles. The van der Waals surface area contributed by atoms with E-state index in [0.717, 1.165) is 25.1 Å². The first-order chi connectivity index (χ1) is 9.04. The summed E-state index contributed by atoms with van der Waals surface area (Å²) in [5, 5.41) is 12.5. The Balaban J connectivity index is 2.44. The molecular formula is C15H26N2O2. The van der Waals surface area contributed by atoms with Gasteiger partial charge in [-0.25, -0.2) is 0 Å². The lowest BCUT2D eigenvalue weighted by molar-refractivity contribution is 0.172. The molecule has 0 spiro atoms. The average Bonchev–Trinajstić information content (AvgIpc) is 2.47. The van der Waals surface area contributed by atoms with Gasteiger partial charge in [-0.1, -0.05) is 0 Å². The van der Waals surface area contributed by atoms with Gasteiger partial charge in [-0.05, 0) is 51.1 Å². The third kappa shape index (κ3) is 4.73. The molecule has 0 bridgehead atoms. The molecule has 1 unspecified atom stereocenters. The van der Waals surface area contributed by atoms with Gasteiger partial charge < -0.3 is 20.1 Å². The maximum atomic E-state index is 9.34. The Labute approximate surface area is 116 Å². The summed E-state index contributed by atoms with van der Waals surface area (Å²) in [6, 6.07) is 8.05. The van der Waals surface area contributed by atoms with Crippen molar-refractivity contribution in [2.45, 2.75) is 25.3 Å². The minimum absolute atomic E-state index is 0.162. The minimum Gasteiger partial charge on any atom is -0.497 e. The van der Waals surface area contributed by atoms with E-state index in [9.17, 15) is 5.11 Å². The number of nitrogens with one attached hydrogen (secondary N) is 1. The summed E-state index contributed by atoms with van der Waals surface area (Å²) < 4.78 is 5.15. The molecule has 2 N–H and O–H groups in total. The van der Waals surface area contributed by atoms with Crippen LogP contribution in [0.2, 0.25) is 0 Å². The van der Waals surface area contributed by atoms with Gasteiger partial charge in [0, 0.05) is 24.8 Å². The van der Waals surface area contributed by atoms with Crippen molar-refractivity contribution < 1.29 is 9.84 Å². The molecule has 0 aromatic heterocycles. The molecule has 1 aromatic rings. The van der Waals surface area contributed by atoms with Crippen molar-refractivity contribution in [2.75, 3.05) is 39.3 Å².